The molecule has 2 aromatic heterocycles. The molecule has 152 valence electrons. The Kier molecular flexibility index (Phi) is 5.27. The second-order valence-corrected chi connectivity index (χ2v) is 7.06. The van der Waals surface area contributed by atoms with Crippen molar-refractivity contribution in [1.29, 1.82) is 0 Å². The summed E-state index contributed by atoms with van der Waals surface area (Å²) in [7, 11) is 0. The van der Waals surface area contributed by atoms with E-state index in [-0.39, 0.29) is 33.3 Å². The van der Waals surface area contributed by atoms with Crippen LogP contribution in [0.15, 0.2) is 58.6 Å². The zero-order valence-electron chi connectivity index (χ0n) is 15.0. The molecular formula is C19H12F3N5O2S. The molecule has 2 heterocycles. The number of hydrogen-bond acceptors (Lipinski definition) is 5. The number of amides is 1. The second kappa shape index (κ2) is 8.03. The highest BCUT2D eigenvalue weighted by atomic mass is 32.2. The van der Waals surface area contributed by atoms with Gasteiger partial charge in [0.25, 0.3) is 5.56 Å². The summed E-state index contributed by atoms with van der Waals surface area (Å²) >= 11 is 0.898. The molecular weight excluding hydrogens is 419 g/mol. The van der Waals surface area contributed by atoms with Gasteiger partial charge in [0.05, 0.1) is 17.6 Å². The number of nitrogens with one attached hydrogen (secondary N) is 2. The fraction of sp³-hybridized carbons (Fsp3) is 0.0526. The van der Waals surface area contributed by atoms with Crippen molar-refractivity contribution in [2.45, 2.75) is 5.16 Å². The third kappa shape index (κ3) is 3.92. The van der Waals surface area contributed by atoms with E-state index in [1.165, 1.54) is 30.5 Å². The van der Waals surface area contributed by atoms with Crippen LogP contribution < -0.4 is 10.9 Å². The molecule has 0 saturated heterocycles. The average Bonchev–Trinajstić information content (AvgIpc) is 3.18. The van der Waals surface area contributed by atoms with Gasteiger partial charge in [-0.05, 0) is 30.3 Å². The van der Waals surface area contributed by atoms with Crippen molar-refractivity contribution < 1.29 is 18.0 Å². The Labute approximate surface area is 170 Å². The summed E-state index contributed by atoms with van der Waals surface area (Å²) in [6, 6.07) is 8.36. The zero-order chi connectivity index (χ0) is 21.3. The summed E-state index contributed by atoms with van der Waals surface area (Å²) in [6.45, 7) is 0. The number of fused-ring (bicyclic) bond motifs is 1. The number of H-pyrrole nitrogens is 1. The number of carbonyl (C=O) groups excluding carboxylic acids is 1. The number of hydrogen-bond donors (Lipinski definition) is 2. The highest BCUT2D eigenvalue weighted by Crippen LogP contribution is 2.22. The number of thioether (sulfide) groups is 1. The van der Waals surface area contributed by atoms with Crippen molar-refractivity contribution in [2.75, 3.05) is 11.1 Å². The molecule has 0 aliphatic carbocycles. The summed E-state index contributed by atoms with van der Waals surface area (Å²) < 4.78 is 41.4. The Hall–Kier alpha value is -3.60. The molecule has 0 aliphatic heterocycles. The van der Waals surface area contributed by atoms with Crippen LogP contribution in [-0.2, 0) is 4.79 Å². The number of benzene rings is 2. The van der Waals surface area contributed by atoms with Crippen LogP contribution in [0.25, 0.3) is 16.7 Å². The predicted molar refractivity (Wildman–Crippen MR) is 105 cm³/mol. The van der Waals surface area contributed by atoms with Crippen molar-refractivity contribution in [3.63, 3.8) is 0 Å². The molecule has 4 aromatic rings. The number of carbonyl (C=O) groups is 1. The van der Waals surface area contributed by atoms with E-state index in [2.05, 4.69) is 20.5 Å². The van der Waals surface area contributed by atoms with Crippen LogP contribution >= 0.6 is 11.8 Å². The van der Waals surface area contributed by atoms with Gasteiger partial charge in [-0.3, -0.25) is 19.3 Å². The standard InChI is InChI=1S/C19H12F3N5O2S/c20-10-2-1-3-11(6-10)24-16(28)9-30-19-25-17-13(8-23-26-17)18(29)27(19)12-4-5-14(21)15(22)7-12/h1-8H,9H2,(H,23,26)(H,24,28). The Morgan fingerprint density at radius 2 is 1.97 bits per heavy atom. The molecule has 0 unspecified atom stereocenters. The molecule has 0 spiro atoms. The number of aromatic amines is 1. The average molecular weight is 431 g/mol. The molecule has 0 radical (unpaired) electrons. The summed E-state index contributed by atoms with van der Waals surface area (Å²) in [6.07, 6.45) is 1.27. The molecule has 0 aliphatic rings. The minimum atomic E-state index is -1.13. The Balaban J connectivity index is 1.66. The van der Waals surface area contributed by atoms with Crippen molar-refractivity contribution in [1.82, 2.24) is 19.7 Å². The molecule has 11 heteroatoms. The summed E-state index contributed by atoms with van der Waals surface area (Å²) in [4.78, 5) is 29.4. The predicted octanol–water partition coefficient (Wildman–Crippen LogP) is 3.26. The third-order valence-corrected chi connectivity index (χ3v) is 4.99. The maximum absolute atomic E-state index is 13.7. The first kappa shape index (κ1) is 19.7. The van der Waals surface area contributed by atoms with Gasteiger partial charge in [-0.2, -0.15) is 5.10 Å². The fourth-order valence-electron chi connectivity index (χ4n) is 2.72. The first-order valence-electron chi connectivity index (χ1n) is 8.52. The lowest BCUT2D eigenvalue weighted by Gasteiger charge is -2.12. The van der Waals surface area contributed by atoms with E-state index in [0.29, 0.717) is 0 Å². The minimum absolute atomic E-state index is 0.0440. The highest BCUT2D eigenvalue weighted by molar-refractivity contribution is 7.99. The molecule has 1 amide bonds. The molecule has 30 heavy (non-hydrogen) atoms. The Morgan fingerprint density at radius 3 is 2.73 bits per heavy atom. The van der Waals surface area contributed by atoms with E-state index in [0.717, 1.165) is 34.5 Å². The van der Waals surface area contributed by atoms with Crippen LogP contribution in [0.3, 0.4) is 0 Å². The van der Waals surface area contributed by atoms with Gasteiger partial charge in [0.15, 0.2) is 22.4 Å². The van der Waals surface area contributed by atoms with E-state index >= 15 is 0 Å². The number of aromatic nitrogens is 4. The highest BCUT2D eigenvalue weighted by Gasteiger charge is 2.17. The number of halogens is 3. The summed E-state index contributed by atoms with van der Waals surface area (Å²) in [5, 5.41) is 9.08. The van der Waals surface area contributed by atoms with Crippen molar-refractivity contribution in [2.24, 2.45) is 0 Å². The molecule has 7 nitrogen and oxygen atoms in total. The lowest BCUT2D eigenvalue weighted by molar-refractivity contribution is -0.113. The van der Waals surface area contributed by atoms with E-state index in [1.54, 1.807) is 0 Å². The molecule has 0 saturated carbocycles. The molecule has 0 bridgehead atoms. The molecule has 2 N–H and O–H groups in total. The molecule has 2 aromatic carbocycles. The molecule has 0 atom stereocenters. The number of nitrogens with zero attached hydrogens (tertiary/aromatic N) is 3. The third-order valence-electron chi connectivity index (χ3n) is 4.05. The van der Waals surface area contributed by atoms with Gasteiger partial charge in [0, 0.05) is 11.8 Å². The van der Waals surface area contributed by atoms with Crippen LogP contribution in [0.4, 0.5) is 18.9 Å². The van der Waals surface area contributed by atoms with E-state index in [9.17, 15) is 22.8 Å². The summed E-state index contributed by atoms with van der Waals surface area (Å²) in [5.41, 5.74) is -0.0576. The fourth-order valence-corrected chi connectivity index (χ4v) is 3.52. The van der Waals surface area contributed by atoms with Gasteiger partial charge in [-0.15, -0.1) is 0 Å². The SMILES string of the molecule is O=C(CSc1nc2[nH]ncc2c(=O)n1-c1ccc(F)c(F)c1)Nc1cccc(F)c1. The molecule has 0 fully saturated rings. The largest absolute Gasteiger partial charge is 0.325 e. The lowest BCUT2D eigenvalue weighted by Crippen LogP contribution is -2.22. The van der Waals surface area contributed by atoms with Crippen molar-refractivity contribution in [3.8, 4) is 5.69 Å². The number of anilines is 1. The normalized spacial score (nSPS) is 11.0. The van der Waals surface area contributed by atoms with Crippen molar-refractivity contribution >= 4 is 34.4 Å². The van der Waals surface area contributed by atoms with E-state index < -0.39 is 28.9 Å². The quantitative estimate of drug-likeness (QED) is 0.374. The van der Waals surface area contributed by atoms with Crippen molar-refractivity contribution in [3.05, 3.63) is 76.5 Å². The Bertz CT molecular complexity index is 1320. The van der Waals surface area contributed by atoms with Gasteiger partial charge in [-0.25, -0.2) is 18.2 Å². The first-order chi connectivity index (χ1) is 14.4. The van der Waals surface area contributed by atoms with Crippen LogP contribution in [0.2, 0.25) is 0 Å². The smallest absolute Gasteiger partial charge is 0.269 e. The minimum Gasteiger partial charge on any atom is -0.325 e. The first-order valence-corrected chi connectivity index (χ1v) is 9.51. The number of rotatable bonds is 5. The van der Waals surface area contributed by atoms with E-state index in [1.807, 2.05) is 0 Å². The van der Waals surface area contributed by atoms with Crippen LogP contribution in [0.5, 0.6) is 0 Å². The second-order valence-electron chi connectivity index (χ2n) is 6.11. The van der Waals surface area contributed by atoms with Gasteiger partial charge < -0.3 is 5.32 Å². The Morgan fingerprint density at radius 1 is 1.13 bits per heavy atom. The maximum atomic E-state index is 13.7. The van der Waals surface area contributed by atoms with E-state index in [4.69, 9.17) is 0 Å². The van der Waals surface area contributed by atoms with Crippen LogP contribution in [-0.4, -0.2) is 31.4 Å². The topological polar surface area (TPSA) is 92.7 Å². The van der Waals surface area contributed by atoms with Gasteiger partial charge >= 0.3 is 0 Å². The summed E-state index contributed by atoms with van der Waals surface area (Å²) in [5.74, 6) is -3.34. The molecule has 4 rings (SSSR count). The van der Waals surface area contributed by atoms with Gasteiger partial charge in [0.2, 0.25) is 5.91 Å². The zero-order valence-corrected chi connectivity index (χ0v) is 15.8. The van der Waals surface area contributed by atoms with Crippen LogP contribution in [0.1, 0.15) is 0 Å². The lowest BCUT2D eigenvalue weighted by atomic mass is 10.3. The monoisotopic (exact) mass is 431 g/mol. The van der Waals surface area contributed by atoms with Gasteiger partial charge in [0.1, 0.15) is 11.2 Å². The van der Waals surface area contributed by atoms with Gasteiger partial charge in [-0.1, -0.05) is 17.8 Å². The maximum Gasteiger partial charge on any atom is 0.269 e. The van der Waals surface area contributed by atoms with Crippen LogP contribution in [0, 0.1) is 17.5 Å².